The van der Waals surface area contributed by atoms with Gasteiger partial charge in [-0.2, -0.15) is 0 Å². The monoisotopic (exact) mass is 304 g/mol. The molecule has 1 saturated heterocycles. The molecule has 2 fully saturated rings. The lowest BCUT2D eigenvalue weighted by Gasteiger charge is -2.38. The van der Waals surface area contributed by atoms with Gasteiger partial charge >= 0.3 is 6.03 Å². The second-order valence-corrected chi connectivity index (χ2v) is 6.15. The van der Waals surface area contributed by atoms with Crippen molar-refractivity contribution in [2.75, 3.05) is 6.79 Å². The van der Waals surface area contributed by atoms with Crippen molar-refractivity contribution in [2.24, 2.45) is 5.92 Å². The van der Waals surface area contributed by atoms with Gasteiger partial charge in [-0.25, -0.2) is 4.79 Å². The maximum Gasteiger partial charge on any atom is 0.322 e. The fourth-order valence-corrected chi connectivity index (χ4v) is 3.83. The zero-order valence-corrected chi connectivity index (χ0v) is 12.3. The Labute approximate surface area is 128 Å². The van der Waals surface area contributed by atoms with E-state index in [9.17, 15) is 4.79 Å². The topological polar surface area (TPSA) is 50.8 Å². The lowest BCUT2D eigenvalue weighted by atomic mass is 9.99. The molecule has 3 aliphatic rings. The third-order valence-electron chi connectivity index (χ3n) is 4.50. The molecular weight excluding hydrogens is 288 g/mol. The summed E-state index contributed by atoms with van der Waals surface area (Å²) < 4.78 is 10.7. The largest absolute Gasteiger partial charge is 0.454 e. The van der Waals surface area contributed by atoms with Crippen LogP contribution in [0, 0.1) is 5.92 Å². The van der Waals surface area contributed by atoms with E-state index >= 15 is 0 Å². The van der Waals surface area contributed by atoms with Gasteiger partial charge in [-0.1, -0.05) is 24.7 Å². The summed E-state index contributed by atoms with van der Waals surface area (Å²) in [5, 5.41) is 2.84. The van der Waals surface area contributed by atoms with Crippen molar-refractivity contribution < 1.29 is 14.3 Å². The first kappa shape index (κ1) is 12.9. The quantitative estimate of drug-likeness (QED) is 0.853. The van der Waals surface area contributed by atoms with Crippen LogP contribution in [0.1, 0.15) is 24.8 Å². The third kappa shape index (κ3) is 2.14. The molecule has 2 heterocycles. The van der Waals surface area contributed by atoms with Crippen LogP contribution in [0.3, 0.4) is 0 Å². The van der Waals surface area contributed by atoms with E-state index in [-0.39, 0.29) is 18.9 Å². The van der Waals surface area contributed by atoms with E-state index in [1.165, 1.54) is 0 Å². The van der Waals surface area contributed by atoms with Crippen LogP contribution in [0.2, 0.25) is 0 Å². The Morgan fingerprint density at radius 2 is 2.14 bits per heavy atom. The van der Waals surface area contributed by atoms with E-state index in [0.717, 1.165) is 36.3 Å². The van der Waals surface area contributed by atoms with E-state index in [0.29, 0.717) is 17.5 Å². The molecular formula is C15H16N2O3S. The number of urea groups is 1. The highest BCUT2D eigenvalue weighted by atomic mass is 32.1. The summed E-state index contributed by atoms with van der Waals surface area (Å²) in [5.41, 5.74) is 1.05. The fraction of sp³-hybridized carbons (Fsp3) is 0.467. The number of carbonyl (C=O) groups excluding carboxylic acids is 1. The van der Waals surface area contributed by atoms with Crippen LogP contribution in [0.4, 0.5) is 4.79 Å². The minimum atomic E-state index is -0.0826. The number of hydrogen-bond donors (Lipinski definition) is 1. The third-order valence-corrected chi connectivity index (χ3v) is 4.90. The number of thiocarbonyl (C=S) groups is 1. The molecule has 2 unspecified atom stereocenters. The molecule has 1 aromatic carbocycles. The summed E-state index contributed by atoms with van der Waals surface area (Å²) in [6, 6.07) is 5.98. The molecule has 21 heavy (non-hydrogen) atoms. The van der Waals surface area contributed by atoms with Gasteiger partial charge in [-0.05, 0) is 30.5 Å². The molecule has 1 aromatic rings. The Morgan fingerprint density at radius 1 is 1.29 bits per heavy atom. The summed E-state index contributed by atoms with van der Waals surface area (Å²) >= 11 is 5.31. The first-order chi connectivity index (χ1) is 10.2. The van der Waals surface area contributed by atoms with Crippen LogP contribution in [0.15, 0.2) is 18.2 Å². The molecule has 4 rings (SSSR count). The van der Waals surface area contributed by atoms with Crippen molar-refractivity contribution in [1.82, 2.24) is 10.2 Å². The average molecular weight is 304 g/mol. The second kappa shape index (κ2) is 4.87. The van der Waals surface area contributed by atoms with Gasteiger partial charge in [0.05, 0.1) is 4.99 Å². The Bertz CT molecular complexity index is 619. The van der Waals surface area contributed by atoms with Crippen molar-refractivity contribution in [2.45, 2.75) is 31.8 Å². The van der Waals surface area contributed by atoms with Crippen molar-refractivity contribution in [1.29, 1.82) is 0 Å². The molecule has 2 atom stereocenters. The summed E-state index contributed by atoms with van der Waals surface area (Å²) in [6.07, 6.45) is 3.23. The summed E-state index contributed by atoms with van der Waals surface area (Å²) in [5.74, 6) is 1.83. The van der Waals surface area contributed by atoms with Gasteiger partial charge in [-0.3, -0.25) is 0 Å². The van der Waals surface area contributed by atoms with E-state index in [1.807, 2.05) is 23.1 Å². The van der Waals surface area contributed by atoms with Crippen LogP contribution in [0.5, 0.6) is 11.5 Å². The molecule has 0 radical (unpaired) electrons. The Kier molecular flexibility index (Phi) is 2.99. The van der Waals surface area contributed by atoms with Crippen LogP contribution in [0.25, 0.3) is 0 Å². The van der Waals surface area contributed by atoms with Gasteiger partial charge < -0.3 is 19.7 Å². The number of fused-ring (bicyclic) bond motifs is 2. The predicted molar refractivity (Wildman–Crippen MR) is 80.4 cm³/mol. The van der Waals surface area contributed by atoms with Crippen LogP contribution in [-0.4, -0.2) is 28.8 Å². The zero-order chi connectivity index (χ0) is 14.4. The Hall–Kier alpha value is -1.82. The highest BCUT2D eigenvalue weighted by Crippen LogP contribution is 2.36. The molecule has 1 saturated carbocycles. The normalized spacial score (nSPS) is 26.8. The second-order valence-electron chi connectivity index (χ2n) is 5.71. The number of benzene rings is 1. The number of hydrogen-bond acceptors (Lipinski definition) is 4. The number of ether oxygens (including phenoxy) is 2. The minimum Gasteiger partial charge on any atom is -0.454 e. The SMILES string of the molecule is O=C1NC(=S)C2CCCC2N1Cc1ccc2c(c1)OCO2. The standard InChI is InChI=1S/C15H16N2O3S/c18-15-16-14(21)10-2-1-3-11(10)17(15)7-9-4-5-12-13(6-9)20-8-19-12/h4-6,10-11H,1-3,7-8H2,(H,16,18,21). The number of nitrogens with zero attached hydrogens (tertiary/aromatic N) is 1. The van der Waals surface area contributed by atoms with Crippen LogP contribution >= 0.6 is 12.2 Å². The van der Waals surface area contributed by atoms with E-state index < -0.39 is 0 Å². The summed E-state index contributed by atoms with van der Waals surface area (Å²) in [7, 11) is 0. The zero-order valence-electron chi connectivity index (χ0n) is 11.5. The number of nitrogens with one attached hydrogen (secondary N) is 1. The average Bonchev–Trinajstić information content (AvgIpc) is 3.11. The van der Waals surface area contributed by atoms with Crippen molar-refractivity contribution in [3.8, 4) is 11.5 Å². The highest BCUT2D eigenvalue weighted by molar-refractivity contribution is 7.80. The van der Waals surface area contributed by atoms with E-state index in [4.69, 9.17) is 21.7 Å². The lowest BCUT2D eigenvalue weighted by Crippen LogP contribution is -2.57. The first-order valence-electron chi connectivity index (χ1n) is 7.22. The summed E-state index contributed by atoms with van der Waals surface area (Å²) in [4.78, 5) is 14.9. The van der Waals surface area contributed by atoms with Gasteiger partial charge in [0.15, 0.2) is 11.5 Å². The molecule has 5 nitrogen and oxygen atoms in total. The Balaban J connectivity index is 1.58. The molecule has 0 spiro atoms. The first-order valence-corrected chi connectivity index (χ1v) is 7.63. The van der Waals surface area contributed by atoms with Crippen molar-refractivity contribution in [3.63, 3.8) is 0 Å². The molecule has 1 N–H and O–H groups in total. The van der Waals surface area contributed by atoms with E-state index in [1.54, 1.807) is 0 Å². The van der Waals surface area contributed by atoms with Crippen molar-refractivity contribution >= 4 is 23.2 Å². The molecule has 6 heteroatoms. The molecule has 0 aromatic heterocycles. The predicted octanol–water partition coefficient (Wildman–Crippen LogP) is 2.44. The molecule has 2 amide bonds. The highest BCUT2D eigenvalue weighted by Gasteiger charge is 2.41. The Morgan fingerprint density at radius 3 is 3.05 bits per heavy atom. The molecule has 110 valence electrons. The van der Waals surface area contributed by atoms with Crippen LogP contribution < -0.4 is 14.8 Å². The maximum absolute atomic E-state index is 12.3. The van der Waals surface area contributed by atoms with Crippen molar-refractivity contribution in [3.05, 3.63) is 23.8 Å². The maximum atomic E-state index is 12.3. The smallest absolute Gasteiger partial charge is 0.322 e. The van der Waals surface area contributed by atoms with Gasteiger partial charge in [0.2, 0.25) is 6.79 Å². The molecule has 2 aliphatic heterocycles. The van der Waals surface area contributed by atoms with Gasteiger partial charge in [-0.15, -0.1) is 0 Å². The van der Waals surface area contributed by atoms with Gasteiger partial charge in [0.1, 0.15) is 0 Å². The van der Waals surface area contributed by atoms with Crippen LogP contribution in [-0.2, 0) is 6.54 Å². The number of carbonyl (C=O) groups is 1. The van der Waals surface area contributed by atoms with Gasteiger partial charge in [0, 0.05) is 18.5 Å². The molecule has 0 bridgehead atoms. The number of amides is 2. The fourth-order valence-electron chi connectivity index (χ4n) is 3.46. The summed E-state index contributed by atoms with van der Waals surface area (Å²) in [6.45, 7) is 0.841. The van der Waals surface area contributed by atoms with E-state index in [2.05, 4.69) is 5.32 Å². The lowest BCUT2D eigenvalue weighted by molar-refractivity contribution is 0.158. The minimum absolute atomic E-state index is 0.0826. The van der Waals surface area contributed by atoms with Gasteiger partial charge in [0.25, 0.3) is 0 Å². The number of rotatable bonds is 2. The molecule has 1 aliphatic carbocycles.